The molecule has 0 bridgehead atoms. The van der Waals surface area contributed by atoms with Gasteiger partial charge < -0.3 is 16.0 Å². The van der Waals surface area contributed by atoms with Crippen LogP contribution in [0.2, 0.25) is 5.28 Å². The summed E-state index contributed by atoms with van der Waals surface area (Å²) in [6.07, 6.45) is 0.415. The van der Waals surface area contributed by atoms with Gasteiger partial charge in [-0.3, -0.25) is 4.79 Å². The summed E-state index contributed by atoms with van der Waals surface area (Å²) in [4.78, 5) is 22.8. The number of nitrogens with one attached hydrogen (secondary N) is 3. The van der Waals surface area contributed by atoms with Gasteiger partial charge in [-0.25, -0.2) is 0 Å². The molecule has 0 spiro atoms. The summed E-state index contributed by atoms with van der Waals surface area (Å²) < 4.78 is 0. The fourth-order valence-electron chi connectivity index (χ4n) is 1.42. The molecule has 1 aromatic rings. The molecular formula is C8H11ClN6O. The van der Waals surface area contributed by atoms with Gasteiger partial charge in [-0.1, -0.05) is 0 Å². The molecule has 0 radical (unpaired) electrons. The molecule has 1 fully saturated rings. The Morgan fingerprint density at radius 3 is 2.75 bits per heavy atom. The van der Waals surface area contributed by atoms with E-state index in [1.54, 1.807) is 7.05 Å². The van der Waals surface area contributed by atoms with Crippen LogP contribution in [0.25, 0.3) is 0 Å². The predicted octanol–water partition coefficient (Wildman–Crippen LogP) is -0.133. The highest BCUT2D eigenvalue weighted by Gasteiger charge is 2.22. The van der Waals surface area contributed by atoms with E-state index in [0.717, 1.165) is 0 Å². The summed E-state index contributed by atoms with van der Waals surface area (Å²) in [5, 5.41) is 8.61. The molecule has 0 saturated carbocycles. The second-order valence-corrected chi connectivity index (χ2v) is 3.69. The number of aromatic nitrogens is 3. The van der Waals surface area contributed by atoms with Crippen LogP contribution in [-0.2, 0) is 4.79 Å². The maximum absolute atomic E-state index is 11.0. The zero-order valence-electron chi connectivity index (χ0n) is 8.62. The Morgan fingerprint density at radius 2 is 2.12 bits per heavy atom. The maximum atomic E-state index is 11.0. The molecule has 1 aliphatic heterocycles. The molecule has 1 amide bonds. The second-order valence-electron chi connectivity index (χ2n) is 3.35. The van der Waals surface area contributed by atoms with Crippen LogP contribution in [0.4, 0.5) is 11.9 Å². The minimum Gasteiger partial charge on any atom is -0.357 e. The molecule has 1 aromatic heterocycles. The van der Waals surface area contributed by atoms with Gasteiger partial charge in [0.15, 0.2) is 0 Å². The molecule has 1 saturated heterocycles. The lowest BCUT2D eigenvalue weighted by atomic mass is 10.3. The topological polar surface area (TPSA) is 91.8 Å². The van der Waals surface area contributed by atoms with E-state index in [2.05, 4.69) is 30.9 Å². The lowest BCUT2D eigenvalue weighted by Gasteiger charge is -2.10. The summed E-state index contributed by atoms with van der Waals surface area (Å²) in [6, 6.07) is -0.00401. The highest BCUT2D eigenvalue weighted by Crippen LogP contribution is 2.12. The largest absolute Gasteiger partial charge is 0.357 e. The van der Waals surface area contributed by atoms with Crippen LogP contribution >= 0.6 is 11.6 Å². The Kier molecular flexibility index (Phi) is 3.04. The molecule has 1 unspecified atom stereocenters. The van der Waals surface area contributed by atoms with Crippen LogP contribution in [0.5, 0.6) is 0 Å². The standard InChI is InChI=1S/C8H11ClN6O/c1-10-7-13-6(9)14-8(15-7)12-4-2-5(16)11-3-4/h4H,2-3H2,1H3,(H,11,16)(H2,10,12,13,14,15). The van der Waals surface area contributed by atoms with E-state index < -0.39 is 0 Å². The predicted molar refractivity (Wildman–Crippen MR) is 59.4 cm³/mol. The van der Waals surface area contributed by atoms with Crippen LogP contribution in [0, 0.1) is 0 Å². The highest BCUT2D eigenvalue weighted by atomic mass is 35.5. The van der Waals surface area contributed by atoms with Crippen LogP contribution in [0.15, 0.2) is 0 Å². The van der Waals surface area contributed by atoms with Crippen molar-refractivity contribution in [3.8, 4) is 0 Å². The lowest BCUT2D eigenvalue weighted by Crippen LogP contribution is -2.23. The Balaban J connectivity index is 2.08. The minimum atomic E-state index is -0.00401. The maximum Gasteiger partial charge on any atom is 0.229 e. The summed E-state index contributed by atoms with van der Waals surface area (Å²) in [6.45, 7) is 0.566. The summed E-state index contributed by atoms with van der Waals surface area (Å²) >= 11 is 5.72. The fraction of sp³-hybridized carbons (Fsp3) is 0.500. The third-order valence-corrected chi connectivity index (χ3v) is 2.31. The van der Waals surface area contributed by atoms with Crippen LogP contribution in [0.1, 0.15) is 6.42 Å². The molecular weight excluding hydrogens is 232 g/mol. The van der Waals surface area contributed by atoms with Crippen molar-refractivity contribution in [1.82, 2.24) is 20.3 Å². The quantitative estimate of drug-likeness (QED) is 0.684. The van der Waals surface area contributed by atoms with E-state index in [1.807, 2.05) is 0 Å². The molecule has 16 heavy (non-hydrogen) atoms. The number of nitrogens with zero attached hydrogens (tertiary/aromatic N) is 3. The number of rotatable bonds is 3. The number of anilines is 2. The van der Waals surface area contributed by atoms with Gasteiger partial charge >= 0.3 is 0 Å². The van der Waals surface area contributed by atoms with Crippen molar-refractivity contribution in [2.24, 2.45) is 0 Å². The van der Waals surface area contributed by atoms with Crippen molar-refractivity contribution in [2.75, 3.05) is 24.2 Å². The van der Waals surface area contributed by atoms with Crippen LogP contribution in [0.3, 0.4) is 0 Å². The number of carbonyl (C=O) groups excluding carboxylic acids is 1. The van der Waals surface area contributed by atoms with Crippen LogP contribution in [-0.4, -0.2) is 40.5 Å². The Labute approximate surface area is 97.0 Å². The average Bonchev–Trinajstić information content (AvgIpc) is 2.63. The van der Waals surface area contributed by atoms with Crippen molar-refractivity contribution in [1.29, 1.82) is 0 Å². The van der Waals surface area contributed by atoms with E-state index in [1.165, 1.54) is 0 Å². The smallest absolute Gasteiger partial charge is 0.229 e. The molecule has 2 heterocycles. The number of amides is 1. The third-order valence-electron chi connectivity index (χ3n) is 2.14. The summed E-state index contributed by atoms with van der Waals surface area (Å²) in [7, 11) is 1.69. The normalized spacial score (nSPS) is 19.4. The van der Waals surface area contributed by atoms with Gasteiger partial charge in [0.2, 0.25) is 23.1 Å². The van der Waals surface area contributed by atoms with Crippen molar-refractivity contribution in [3.63, 3.8) is 0 Å². The van der Waals surface area contributed by atoms with Crippen molar-refractivity contribution < 1.29 is 4.79 Å². The fourth-order valence-corrected chi connectivity index (χ4v) is 1.58. The first-order valence-corrected chi connectivity index (χ1v) is 5.17. The molecule has 8 heteroatoms. The van der Waals surface area contributed by atoms with E-state index in [9.17, 15) is 4.79 Å². The average molecular weight is 243 g/mol. The highest BCUT2D eigenvalue weighted by molar-refractivity contribution is 6.28. The first kappa shape index (κ1) is 10.9. The van der Waals surface area contributed by atoms with Gasteiger partial charge in [-0.15, -0.1) is 0 Å². The lowest BCUT2D eigenvalue weighted by molar-refractivity contribution is -0.119. The van der Waals surface area contributed by atoms with E-state index in [4.69, 9.17) is 11.6 Å². The number of carbonyl (C=O) groups is 1. The Hall–Kier alpha value is -1.63. The van der Waals surface area contributed by atoms with Crippen molar-refractivity contribution in [2.45, 2.75) is 12.5 Å². The SMILES string of the molecule is CNc1nc(Cl)nc(NC2CNC(=O)C2)n1. The van der Waals surface area contributed by atoms with E-state index >= 15 is 0 Å². The number of halogens is 1. The Bertz CT molecular complexity index is 412. The number of hydrogen-bond donors (Lipinski definition) is 3. The Morgan fingerprint density at radius 1 is 1.38 bits per heavy atom. The van der Waals surface area contributed by atoms with Gasteiger partial charge in [0.05, 0.1) is 6.04 Å². The van der Waals surface area contributed by atoms with E-state index in [-0.39, 0.29) is 17.2 Å². The zero-order valence-corrected chi connectivity index (χ0v) is 9.38. The third kappa shape index (κ3) is 2.48. The molecule has 7 nitrogen and oxygen atoms in total. The summed E-state index contributed by atoms with van der Waals surface area (Å²) in [5.41, 5.74) is 0. The van der Waals surface area contributed by atoms with Crippen LogP contribution < -0.4 is 16.0 Å². The summed E-state index contributed by atoms with van der Waals surface area (Å²) in [5.74, 6) is 0.775. The van der Waals surface area contributed by atoms with Gasteiger partial charge in [0.25, 0.3) is 0 Å². The molecule has 1 atom stereocenters. The van der Waals surface area contributed by atoms with Gasteiger partial charge in [-0.2, -0.15) is 15.0 Å². The van der Waals surface area contributed by atoms with Gasteiger partial charge in [-0.05, 0) is 11.6 Å². The minimum absolute atomic E-state index is 0.00401. The molecule has 0 aromatic carbocycles. The number of hydrogen-bond acceptors (Lipinski definition) is 6. The molecule has 3 N–H and O–H groups in total. The van der Waals surface area contributed by atoms with Crippen molar-refractivity contribution in [3.05, 3.63) is 5.28 Å². The molecule has 2 rings (SSSR count). The van der Waals surface area contributed by atoms with Gasteiger partial charge in [0, 0.05) is 20.0 Å². The first-order valence-electron chi connectivity index (χ1n) is 4.80. The zero-order chi connectivity index (χ0) is 11.5. The molecule has 86 valence electrons. The molecule has 0 aliphatic carbocycles. The first-order chi connectivity index (χ1) is 7.67. The van der Waals surface area contributed by atoms with Gasteiger partial charge in [0.1, 0.15) is 0 Å². The second kappa shape index (κ2) is 4.48. The van der Waals surface area contributed by atoms with E-state index in [0.29, 0.717) is 24.9 Å². The van der Waals surface area contributed by atoms with Crippen molar-refractivity contribution >= 4 is 29.4 Å². The molecule has 1 aliphatic rings. The monoisotopic (exact) mass is 242 g/mol.